The summed E-state index contributed by atoms with van der Waals surface area (Å²) in [7, 11) is 0. The average molecular weight is 377 g/mol. The Balaban J connectivity index is 1.36. The van der Waals surface area contributed by atoms with E-state index in [1.165, 1.54) is 17.7 Å². The Morgan fingerprint density at radius 2 is 1.86 bits per heavy atom. The fraction of sp³-hybridized carbons (Fsp3) is 0.261. The van der Waals surface area contributed by atoms with E-state index in [0.29, 0.717) is 24.3 Å². The van der Waals surface area contributed by atoms with Crippen molar-refractivity contribution in [3.05, 3.63) is 77.2 Å². The van der Waals surface area contributed by atoms with Gasteiger partial charge in [0, 0.05) is 43.6 Å². The van der Waals surface area contributed by atoms with Gasteiger partial charge in [-0.15, -0.1) is 0 Å². The molecule has 1 aromatic heterocycles. The lowest BCUT2D eigenvalue weighted by molar-refractivity contribution is 0.0644. The Morgan fingerprint density at radius 3 is 2.61 bits per heavy atom. The zero-order valence-corrected chi connectivity index (χ0v) is 16.0. The number of rotatable bonds is 4. The fourth-order valence-corrected chi connectivity index (χ4v) is 3.72. The molecule has 0 atom stereocenters. The van der Waals surface area contributed by atoms with Crippen molar-refractivity contribution in [3.8, 4) is 0 Å². The van der Waals surface area contributed by atoms with Crippen molar-refractivity contribution in [3.63, 3.8) is 0 Å². The summed E-state index contributed by atoms with van der Waals surface area (Å²) in [6.45, 7) is 5.87. The summed E-state index contributed by atoms with van der Waals surface area (Å²) in [5.41, 5.74) is 3.32. The van der Waals surface area contributed by atoms with Gasteiger partial charge in [-0.25, -0.2) is 4.39 Å². The standard InChI is InChI=1S/C23H24FN3O/c1-17-20-10-9-19(24)16-21(20)25-22(17)23(28)27-14-12-26(13-15-27)11-5-8-18-6-3-2-4-7-18/h2-10,16,25H,11-15H2,1H3/b8-5+. The van der Waals surface area contributed by atoms with E-state index in [1.54, 1.807) is 6.07 Å². The van der Waals surface area contributed by atoms with Gasteiger partial charge >= 0.3 is 0 Å². The summed E-state index contributed by atoms with van der Waals surface area (Å²) in [5, 5.41) is 0.898. The number of carbonyl (C=O) groups excluding carboxylic acids is 1. The van der Waals surface area contributed by atoms with E-state index in [1.807, 2.05) is 30.0 Å². The zero-order valence-electron chi connectivity index (χ0n) is 16.0. The predicted molar refractivity (Wildman–Crippen MR) is 111 cm³/mol. The number of amides is 1. The number of nitrogens with one attached hydrogen (secondary N) is 1. The van der Waals surface area contributed by atoms with Gasteiger partial charge in [0.1, 0.15) is 11.5 Å². The van der Waals surface area contributed by atoms with E-state index in [4.69, 9.17) is 0 Å². The third-order valence-electron chi connectivity index (χ3n) is 5.37. The summed E-state index contributed by atoms with van der Waals surface area (Å²) < 4.78 is 13.5. The van der Waals surface area contributed by atoms with Crippen LogP contribution in [-0.4, -0.2) is 53.4 Å². The normalized spacial score (nSPS) is 15.6. The lowest BCUT2D eigenvalue weighted by atomic mass is 10.1. The quantitative estimate of drug-likeness (QED) is 0.744. The molecule has 0 radical (unpaired) electrons. The number of H-pyrrole nitrogens is 1. The van der Waals surface area contributed by atoms with Crippen LogP contribution in [0.4, 0.5) is 4.39 Å². The maximum atomic E-state index is 13.5. The maximum absolute atomic E-state index is 13.5. The van der Waals surface area contributed by atoms with Gasteiger partial charge in [0.25, 0.3) is 5.91 Å². The third-order valence-corrected chi connectivity index (χ3v) is 5.37. The van der Waals surface area contributed by atoms with Gasteiger partial charge in [0.15, 0.2) is 0 Å². The number of hydrogen-bond donors (Lipinski definition) is 1. The molecule has 1 aliphatic rings. The second-order valence-corrected chi connectivity index (χ2v) is 7.22. The molecule has 0 saturated carbocycles. The monoisotopic (exact) mass is 377 g/mol. The van der Waals surface area contributed by atoms with Gasteiger partial charge in [-0.3, -0.25) is 9.69 Å². The minimum absolute atomic E-state index is 0.00594. The van der Waals surface area contributed by atoms with Gasteiger partial charge in [0.05, 0.1) is 0 Å². The van der Waals surface area contributed by atoms with Gasteiger partial charge in [-0.1, -0.05) is 42.5 Å². The van der Waals surface area contributed by atoms with Gasteiger partial charge in [-0.05, 0) is 36.2 Å². The summed E-state index contributed by atoms with van der Waals surface area (Å²) in [6, 6.07) is 14.8. The van der Waals surface area contributed by atoms with Crippen molar-refractivity contribution >= 4 is 22.9 Å². The van der Waals surface area contributed by atoms with Crippen molar-refractivity contribution in [2.75, 3.05) is 32.7 Å². The highest BCUT2D eigenvalue weighted by Gasteiger charge is 2.24. The van der Waals surface area contributed by atoms with Gasteiger partial charge < -0.3 is 9.88 Å². The molecule has 0 unspecified atom stereocenters. The Labute approximate surface area is 164 Å². The number of carbonyl (C=O) groups is 1. The van der Waals surface area contributed by atoms with Crippen molar-refractivity contribution in [1.82, 2.24) is 14.8 Å². The molecule has 1 N–H and O–H groups in total. The molecule has 1 fully saturated rings. The highest BCUT2D eigenvalue weighted by atomic mass is 19.1. The second-order valence-electron chi connectivity index (χ2n) is 7.22. The third kappa shape index (κ3) is 3.85. The Bertz CT molecular complexity index is 1000. The van der Waals surface area contributed by atoms with Crippen LogP contribution in [0.15, 0.2) is 54.6 Å². The molecule has 1 amide bonds. The highest BCUT2D eigenvalue weighted by Crippen LogP contribution is 2.24. The average Bonchev–Trinajstić information content (AvgIpc) is 3.04. The van der Waals surface area contributed by atoms with Crippen molar-refractivity contribution in [2.45, 2.75) is 6.92 Å². The van der Waals surface area contributed by atoms with Crippen molar-refractivity contribution < 1.29 is 9.18 Å². The maximum Gasteiger partial charge on any atom is 0.270 e. The van der Waals surface area contributed by atoms with Crippen LogP contribution in [0, 0.1) is 12.7 Å². The molecule has 28 heavy (non-hydrogen) atoms. The first-order valence-electron chi connectivity index (χ1n) is 9.63. The van der Waals surface area contributed by atoms with Crippen molar-refractivity contribution in [1.29, 1.82) is 0 Å². The van der Waals surface area contributed by atoms with Crippen molar-refractivity contribution in [2.24, 2.45) is 0 Å². The largest absolute Gasteiger partial charge is 0.350 e. The SMILES string of the molecule is Cc1c(C(=O)N2CCN(C/C=C/c3ccccc3)CC2)[nH]c2cc(F)ccc12. The predicted octanol–water partition coefficient (Wildman–Crippen LogP) is 4.09. The first kappa shape index (κ1) is 18.4. The highest BCUT2D eigenvalue weighted by molar-refractivity contribution is 6.00. The van der Waals surface area contributed by atoms with E-state index in [-0.39, 0.29) is 11.7 Å². The topological polar surface area (TPSA) is 39.3 Å². The Kier molecular flexibility index (Phi) is 5.26. The number of aromatic nitrogens is 1. The number of benzene rings is 2. The lowest BCUT2D eigenvalue weighted by Gasteiger charge is -2.34. The first-order valence-corrected chi connectivity index (χ1v) is 9.63. The molecule has 0 bridgehead atoms. The smallest absolute Gasteiger partial charge is 0.270 e. The molecule has 5 heteroatoms. The lowest BCUT2D eigenvalue weighted by Crippen LogP contribution is -2.48. The molecule has 144 valence electrons. The molecule has 1 aliphatic heterocycles. The minimum Gasteiger partial charge on any atom is -0.350 e. The number of fused-ring (bicyclic) bond motifs is 1. The molecule has 0 spiro atoms. The Morgan fingerprint density at radius 1 is 1.11 bits per heavy atom. The second kappa shape index (κ2) is 7.98. The summed E-state index contributed by atoms with van der Waals surface area (Å²) in [4.78, 5) is 20.3. The van der Waals surface area contributed by atoms with Crippen LogP contribution in [0.2, 0.25) is 0 Å². The minimum atomic E-state index is -0.301. The molecule has 3 aromatic rings. The first-order chi connectivity index (χ1) is 13.6. The van der Waals surface area contributed by atoms with Crippen LogP contribution in [0.1, 0.15) is 21.6 Å². The van der Waals surface area contributed by atoms with Gasteiger partial charge in [0.2, 0.25) is 0 Å². The van der Waals surface area contributed by atoms with Crippen LogP contribution in [0.3, 0.4) is 0 Å². The number of aromatic amines is 1. The van der Waals surface area contributed by atoms with E-state index in [2.05, 4.69) is 34.2 Å². The number of aryl methyl sites for hydroxylation is 1. The number of hydrogen-bond acceptors (Lipinski definition) is 2. The molecule has 1 saturated heterocycles. The molecule has 4 nitrogen and oxygen atoms in total. The number of nitrogens with zero attached hydrogens (tertiary/aromatic N) is 2. The van der Waals surface area contributed by atoms with Gasteiger partial charge in [-0.2, -0.15) is 0 Å². The fourth-order valence-electron chi connectivity index (χ4n) is 3.72. The van der Waals surface area contributed by atoms with Crippen LogP contribution in [0.5, 0.6) is 0 Å². The summed E-state index contributed by atoms with van der Waals surface area (Å²) >= 11 is 0. The van der Waals surface area contributed by atoms with E-state index >= 15 is 0 Å². The summed E-state index contributed by atoms with van der Waals surface area (Å²) in [5.74, 6) is -0.307. The van der Waals surface area contributed by atoms with E-state index in [9.17, 15) is 9.18 Å². The number of piperazine rings is 1. The van der Waals surface area contributed by atoms with E-state index < -0.39 is 0 Å². The van der Waals surface area contributed by atoms with Crippen LogP contribution in [-0.2, 0) is 0 Å². The molecular weight excluding hydrogens is 353 g/mol. The van der Waals surface area contributed by atoms with E-state index in [0.717, 1.165) is 30.6 Å². The molecule has 4 rings (SSSR count). The molecule has 2 heterocycles. The molecule has 0 aliphatic carbocycles. The Hall–Kier alpha value is -2.92. The van der Waals surface area contributed by atoms with Crippen LogP contribution >= 0.6 is 0 Å². The molecular formula is C23H24FN3O. The van der Waals surface area contributed by atoms with Crippen LogP contribution in [0.25, 0.3) is 17.0 Å². The number of halogens is 1. The molecule has 2 aromatic carbocycles. The van der Waals surface area contributed by atoms with Crippen LogP contribution < -0.4 is 0 Å². The zero-order chi connectivity index (χ0) is 19.5. The summed E-state index contributed by atoms with van der Waals surface area (Å²) in [6.07, 6.45) is 4.30.